The molecule has 0 aliphatic rings. The van der Waals surface area contributed by atoms with Crippen LogP contribution in [0, 0.1) is 21.4 Å². The summed E-state index contributed by atoms with van der Waals surface area (Å²) in [4.78, 5) is 10.2. The molecule has 2 aromatic carbocycles. The molecule has 2 aromatic rings. The maximum absolute atomic E-state index is 10.7. The van der Waals surface area contributed by atoms with E-state index in [-0.39, 0.29) is 11.3 Å². The fraction of sp³-hybridized carbons (Fsp3) is 0.133. The predicted octanol–water partition coefficient (Wildman–Crippen LogP) is 3.82. The summed E-state index contributed by atoms with van der Waals surface area (Å²) in [7, 11) is 0. The summed E-state index contributed by atoms with van der Waals surface area (Å²) in [6, 6.07) is 13.4. The molecule has 0 bridgehead atoms. The van der Waals surface area contributed by atoms with Gasteiger partial charge in [0.05, 0.1) is 4.92 Å². The molecule has 0 amide bonds. The summed E-state index contributed by atoms with van der Waals surface area (Å²) in [5.74, 6) is 0.972. The number of hydrogen-bond donors (Lipinski definition) is 0. The molecule has 0 fully saturated rings. The van der Waals surface area contributed by atoms with Gasteiger partial charge in [-0.1, -0.05) is 25.1 Å². The fourth-order valence-corrected chi connectivity index (χ4v) is 1.82. The summed E-state index contributed by atoms with van der Waals surface area (Å²) in [6.45, 7) is 2.00. The first-order valence-corrected chi connectivity index (χ1v) is 6.10. The van der Waals surface area contributed by atoms with E-state index in [2.05, 4.69) is 0 Å². The number of ether oxygens (including phenoxy) is 1. The molecular formula is C15H12N2O3. The molecule has 20 heavy (non-hydrogen) atoms. The smallest absolute Gasteiger partial charge is 0.271 e. The molecule has 2 rings (SSSR count). The van der Waals surface area contributed by atoms with Crippen molar-refractivity contribution in [1.29, 1.82) is 5.26 Å². The highest BCUT2D eigenvalue weighted by Gasteiger charge is 2.13. The van der Waals surface area contributed by atoms with Crippen molar-refractivity contribution in [3.05, 3.63) is 63.7 Å². The molecule has 0 heterocycles. The number of para-hydroxylation sites is 1. The van der Waals surface area contributed by atoms with E-state index >= 15 is 0 Å². The maximum atomic E-state index is 10.7. The molecule has 0 radical (unpaired) electrons. The third-order valence-electron chi connectivity index (χ3n) is 2.87. The van der Waals surface area contributed by atoms with Crippen molar-refractivity contribution >= 4 is 5.69 Å². The van der Waals surface area contributed by atoms with Crippen LogP contribution < -0.4 is 4.74 Å². The molecule has 0 saturated heterocycles. The number of benzene rings is 2. The second-order valence-electron chi connectivity index (χ2n) is 4.11. The third kappa shape index (κ3) is 2.75. The number of non-ortho nitro benzene ring substituents is 1. The zero-order chi connectivity index (χ0) is 14.5. The van der Waals surface area contributed by atoms with Crippen molar-refractivity contribution in [3.63, 3.8) is 0 Å². The minimum atomic E-state index is -0.537. The van der Waals surface area contributed by atoms with Crippen LogP contribution in [0.25, 0.3) is 0 Å². The zero-order valence-electron chi connectivity index (χ0n) is 10.9. The van der Waals surface area contributed by atoms with E-state index in [0.717, 1.165) is 12.0 Å². The molecule has 0 N–H and O–H groups in total. The molecule has 0 spiro atoms. The van der Waals surface area contributed by atoms with Crippen LogP contribution in [-0.4, -0.2) is 4.92 Å². The Labute approximate surface area is 116 Å². The average molecular weight is 268 g/mol. The Balaban J connectivity index is 2.39. The van der Waals surface area contributed by atoms with E-state index in [0.29, 0.717) is 11.5 Å². The van der Waals surface area contributed by atoms with Crippen LogP contribution in [0.15, 0.2) is 42.5 Å². The van der Waals surface area contributed by atoms with Gasteiger partial charge in [-0.25, -0.2) is 0 Å². The van der Waals surface area contributed by atoms with Crippen LogP contribution in [0.1, 0.15) is 18.1 Å². The number of nitrogens with zero attached hydrogens (tertiary/aromatic N) is 2. The van der Waals surface area contributed by atoms with E-state index in [9.17, 15) is 10.1 Å². The fourth-order valence-electron chi connectivity index (χ4n) is 1.82. The first kappa shape index (κ1) is 13.6. The molecule has 0 saturated carbocycles. The van der Waals surface area contributed by atoms with Gasteiger partial charge in [-0.3, -0.25) is 10.1 Å². The largest absolute Gasteiger partial charge is 0.456 e. The second kappa shape index (κ2) is 5.85. The van der Waals surface area contributed by atoms with Crippen LogP contribution in [0.3, 0.4) is 0 Å². The summed E-state index contributed by atoms with van der Waals surface area (Å²) in [6.07, 6.45) is 0.797. The topological polar surface area (TPSA) is 76.2 Å². The molecule has 5 nitrogen and oxygen atoms in total. The highest BCUT2D eigenvalue weighted by molar-refractivity contribution is 5.52. The molecular weight excluding hydrogens is 256 g/mol. The molecule has 0 aliphatic heterocycles. The van der Waals surface area contributed by atoms with Crippen LogP contribution in [0.2, 0.25) is 0 Å². The summed E-state index contributed by atoms with van der Waals surface area (Å²) >= 11 is 0. The van der Waals surface area contributed by atoms with Crippen molar-refractivity contribution in [3.8, 4) is 17.6 Å². The monoisotopic (exact) mass is 268 g/mol. The standard InChI is InChI=1S/C15H12N2O3/c1-2-11-5-3-4-6-14(11)20-15-8-7-13(17(18)19)9-12(15)10-16/h3-9H,2H2,1H3. The van der Waals surface area contributed by atoms with E-state index in [1.807, 2.05) is 31.2 Å². The Kier molecular flexibility index (Phi) is 3.96. The van der Waals surface area contributed by atoms with Crippen LogP contribution in [-0.2, 0) is 6.42 Å². The van der Waals surface area contributed by atoms with Gasteiger partial charge >= 0.3 is 0 Å². The number of nitriles is 1. The number of nitro benzene ring substituents is 1. The van der Waals surface area contributed by atoms with E-state index in [1.165, 1.54) is 18.2 Å². The zero-order valence-corrected chi connectivity index (χ0v) is 10.9. The lowest BCUT2D eigenvalue weighted by Gasteiger charge is -2.10. The molecule has 0 aromatic heterocycles. The normalized spacial score (nSPS) is 9.80. The van der Waals surface area contributed by atoms with Gasteiger partial charge in [0.15, 0.2) is 0 Å². The Bertz CT molecular complexity index is 690. The van der Waals surface area contributed by atoms with Gasteiger partial charge in [0.25, 0.3) is 5.69 Å². The van der Waals surface area contributed by atoms with Gasteiger partial charge in [0.2, 0.25) is 0 Å². The summed E-state index contributed by atoms with van der Waals surface area (Å²) < 4.78 is 5.71. The Morgan fingerprint density at radius 3 is 2.65 bits per heavy atom. The SMILES string of the molecule is CCc1ccccc1Oc1ccc([N+](=O)[O-])cc1C#N. The predicted molar refractivity (Wildman–Crippen MR) is 73.7 cm³/mol. The van der Waals surface area contributed by atoms with Crippen molar-refractivity contribution < 1.29 is 9.66 Å². The lowest BCUT2D eigenvalue weighted by molar-refractivity contribution is -0.384. The van der Waals surface area contributed by atoms with Gasteiger partial charge in [0, 0.05) is 12.1 Å². The van der Waals surface area contributed by atoms with Gasteiger partial charge < -0.3 is 4.74 Å². The molecule has 0 aliphatic carbocycles. The van der Waals surface area contributed by atoms with E-state index in [1.54, 1.807) is 6.07 Å². The first-order valence-electron chi connectivity index (χ1n) is 6.10. The Morgan fingerprint density at radius 1 is 1.25 bits per heavy atom. The Morgan fingerprint density at radius 2 is 2.00 bits per heavy atom. The summed E-state index contributed by atoms with van der Waals surface area (Å²) in [5.41, 5.74) is 1.03. The lowest BCUT2D eigenvalue weighted by Crippen LogP contribution is -1.94. The minimum Gasteiger partial charge on any atom is -0.456 e. The lowest BCUT2D eigenvalue weighted by atomic mass is 10.1. The van der Waals surface area contributed by atoms with Gasteiger partial charge in [0.1, 0.15) is 23.1 Å². The number of hydrogen-bond acceptors (Lipinski definition) is 4. The second-order valence-corrected chi connectivity index (χ2v) is 4.11. The van der Waals surface area contributed by atoms with Gasteiger partial charge in [-0.2, -0.15) is 5.26 Å². The number of aryl methyl sites for hydroxylation is 1. The summed E-state index contributed by atoms with van der Waals surface area (Å²) in [5, 5.41) is 19.8. The molecule has 5 heteroatoms. The quantitative estimate of drug-likeness (QED) is 0.623. The number of nitro groups is 1. The van der Waals surface area contributed by atoms with Crippen molar-refractivity contribution in [1.82, 2.24) is 0 Å². The minimum absolute atomic E-state index is 0.127. The van der Waals surface area contributed by atoms with Crippen molar-refractivity contribution in [2.75, 3.05) is 0 Å². The van der Waals surface area contributed by atoms with Crippen LogP contribution >= 0.6 is 0 Å². The maximum Gasteiger partial charge on any atom is 0.271 e. The first-order chi connectivity index (χ1) is 9.65. The van der Waals surface area contributed by atoms with Gasteiger partial charge in [-0.05, 0) is 24.1 Å². The average Bonchev–Trinajstić information content (AvgIpc) is 2.48. The highest BCUT2D eigenvalue weighted by atomic mass is 16.6. The van der Waals surface area contributed by atoms with E-state index < -0.39 is 4.92 Å². The highest BCUT2D eigenvalue weighted by Crippen LogP contribution is 2.30. The van der Waals surface area contributed by atoms with Crippen molar-refractivity contribution in [2.24, 2.45) is 0 Å². The molecule has 100 valence electrons. The molecule has 0 atom stereocenters. The Hall–Kier alpha value is -2.87. The van der Waals surface area contributed by atoms with Crippen molar-refractivity contribution in [2.45, 2.75) is 13.3 Å². The third-order valence-corrected chi connectivity index (χ3v) is 2.87. The van der Waals surface area contributed by atoms with Crippen LogP contribution in [0.5, 0.6) is 11.5 Å². The number of rotatable bonds is 4. The molecule has 0 unspecified atom stereocenters. The van der Waals surface area contributed by atoms with Gasteiger partial charge in [-0.15, -0.1) is 0 Å². The van der Waals surface area contributed by atoms with E-state index in [4.69, 9.17) is 10.00 Å². The van der Waals surface area contributed by atoms with Crippen LogP contribution in [0.4, 0.5) is 5.69 Å².